The molecule has 0 radical (unpaired) electrons. The number of sulfonamides is 1. The highest BCUT2D eigenvalue weighted by Crippen LogP contribution is 2.26. The third-order valence-electron chi connectivity index (χ3n) is 5.83. The predicted molar refractivity (Wildman–Crippen MR) is 149 cm³/mol. The maximum Gasteiger partial charge on any atom is 0.264 e. The summed E-state index contributed by atoms with van der Waals surface area (Å²) < 4.78 is 33.6. The van der Waals surface area contributed by atoms with Crippen LogP contribution >= 0.6 is 11.6 Å². The Bertz CT molecular complexity index is 1330. The zero-order valence-electron chi connectivity index (χ0n) is 21.8. The Labute approximate surface area is 229 Å². The number of nitrogens with one attached hydrogen (secondary N) is 1. The van der Waals surface area contributed by atoms with Crippen molar-refractivity contribution < 1.29 is 22.7 Å². The molecule has 0 aliphatic carbocycles. The number of benzene rings is 3. The Hall–Kier alpha value is -3.56. The molecule has 0 bridgehead atoms. The van der Waals surface area contributed by atoms with Crippen molar-refractivity contribution in [3.05, 3.63) is 89.4 Å². The van der Waals surface area contributed by atoms with Crippen LogP contribution in [-0.4, -0.2) is 50.9 Å². The topological polar surface area (TPSA) is 96.0 Å². The molecule has 0 saturated heterocycles. The molecular formula is C28H32ClN3O5S. The van der Waals surface area contributed by atoms with E-state index >= 15 is 0 Å². The normalized spacial score (nSPS) is 12.1. The minimum absolute atomic E-state index is 0.0371. The standard InChI is InChI=1S/C28H32ClN3O5S/c1-20(2)30-28(34)21(3)31(18-22-10-16-25(37-4)17-11-22)27(33)19-32(24-14-12-23(29)13-15-24)38(35,36)26-8-6-5-7-9-26/h5-17,20-21H,18-19H2,1-4H3,(H,30,34)/t21-/m0/s1. The average molecular weight is 558 g/mol. The average Bonchev–Trinajstić information content (AvgIpc) is 2.90. The highest BCUT2D eigenvalue weighted by Gasteiger charge is 2.32. The van der Waals surface area contributed by atoms with Gasteiger partial charge in [0.2, 0.25) is 11.8 Å². The van der Waals surface area contributed by atoms with Gasteiger partial charge in [0, 0.05) is 17.6 Å². The lowest BCUT2D eigenvalue weighted by atomic mass is 10.1. The Morgan fingerprint density at radius 2 is 1.53 bits per heavy atom. The molecule has 3 aromatic carbocycles. The van der Waals surface area contributed by atoms with Gasteiger partial charge in [-0.2, -0.15) is 0 Å². The van der Waals surface area contributed by atoms with E-state index in [0.717, 1.165) is 9.87 Å². The van der Waals surface area contributed by atoms with Crippen molar-refractivity contribution in [3.63, 3.8) is 0 Å². The van der Waals surface area contributed by atoms with Gasteiger partial charge < -0.3 is 15.0 Å². The van der Waals surface area contributed by atoms with Crippen molar-refractivity contribution in [3.8, 4) is 5.75 Å². The summed E-state index contributed by atoms with van der Waals surface area (Å²) in [6.07, 6.45) is 0. The van der Waals surface area contributed by atoms with Crippen molar-refractivity contribution in [1.82, 2.24) is 10.2 Å². The van der Waals surface area contributed by atoms with Gasteiger partial charge in [0.05, 0.1) is 17.7 Å². The number of ether oxygens (including phenoxy) is 1. The quantitative estimate of drug-likeness (QED) is 0.375. The minimum atomic E-state index is -4.12. The van der Waals surface area contributed by atoms with Gasteiger partial charge in [0.1, 0.15) is 18.3 Å². The molecule has 0 heterocycles. The molecule has 1 atom stereocenters. The fraction of sp³-hybridized carbons (Fsp3) is 0.286. The smallest absolute Gasteiger partial charge is 0.264 e. The molecule has 3 aromatic rings. The first-order valence-corrected chi connectivity index (χ1v) is 13.9. The number of hydrogen-bond acceptors (Lipinski definition) is 5. The fourth-order valence-corrected chi connectivity index (χ4v) is 5.33. The number of anilines is 1. The molecule has 0 unspecified atom stereocenters. The van der Waals surface area contributed by atoms with E-state index in [2.05, 4.69) is 5.32 Å². The number of nitrogens with zero attached hydrogens (tertiary/aromatic N) is 2. The molecule has 0 aliphatic heterocycles. The number of halogens is 1. The third-order valence-corrected chi connectivity index (χ3v) is 7.87. The van der Waals surface area contributed by atoms with E-state index < -0.39 is 28.5 Å². The van der Waals surface area contributed by atoms with Gasteiger partial charge in [0.15, 0.2) is 0 Å². The molecule has 0 fully saturated rings. The van der Waals surface area contributed by atoms with Crippen LogP contribution in [-0.2, 0) is 26.2 Å². The van der Waals surface area contributed by atoms with Gasteiger partial charge in [-0.05, 0) is 74.9 Å². The number of rotatable bonds is 11. The van der Waals surface area contributed by atoms with E-state index in [1.807, 2.05) is 13.8 Å². The molecule has 38 heavy (non-hydrogen) atoms. The zero-order chi connectivity index (χ0) is 27.9. The summed E-state index contributed by atoms with van der Waals surface area (Å²) in [6, 6.07) is 20.2. The van der Waals surface area contributed by atoms with E-state index in [-0.39, 0.29) is 29.1 Å². The second-order valence-corrected chi connectivity index (χ2v) is 11.3. The second-order valence-electron chi connectivity index (χ2n) is 9.01. The lowest BCUT2D eigenvalue weighted by Gasteiger charge is -2.32. The summed E-state index contributed by atoms with van der Waals surface area (Å²) >= 11 is 6.04. The van der Waals surface area contributed by atoms with Gasteiger partial charge in [-0.25, -0.2) is 8.42 Å². The number of amides is 2. The first-order chi connectivity index (χ1) is 18.0. The lowest BCUT2D eigenvalue weighted by Crippen LogP contribution is -2.52. The van der Waals surface area contributed by atoms with E-state index in [9.17, 15) is 18.0 Å². The van der Waals surface area contributed by atoms with Crippen LogP contribution in [0.1, 0.15) is 26.3 Å². The molecule has 0 saturated carbocycles. The highest BCUT2D eigenvalue weighted by atomic mass is 35.5. The maximum absolute atomic E-state index is 13.8. The minimum Gasteiger partial charge on any atom is -0.497 e. The molecule has 8 nitrogen and oxygen atoms in total. The van der Waals surface area contributed by atoms with Crippen LogP contribution in [0, 0.1) is 0 Å². The number of methoxy groups -OCH3 is 1. The van der Waals surface area contributed by atoms with Crippen LogP contribution < -0.4 is 14.4 Å². The summed E-state index contributed by atoms with van der Waals surface area (Å²) in [6.45, 7) is 4.85. The molecule has 0 aliphatic rings. The molecule has 0 spiro atoms. The molecule has 2 amide bonds. The van der Waals surface area contributed by atoms with Crippen LogP contribution in [0.5, 0.6) is 5.75 Å². The summed E-state index contributed by atoms with van der Waals surface area (Å²) in [5.41, 5.74) is 1.03. The molecular weight excluding hydrogens is 526 g/mol. The van der Waals surface area contributed by atoms with Crippen LogP contribution in [0.25, 0.3) is 0 Å². The Morgan fingerprint density at radius 1 is 0.921 bits per heavy atom. The van der Waals surface area contributed by atoms with Crippen molar-refractivity contribution in [2.24, 2.45) is 0 Å². The van der Waals surface area contributed by atoms with E-state index in [0.29, 0.717) is 10.8 Å². The maximum atomic E-state index is 13.8. The molecule has 10 heteroatoms. The van der Waals surface area contributed by atoms with Crippen molar-refractivity contribution in [1.29, 1.82) is 0 Å². The number of carbonyl (C=O) groups excluding carboxylic acids is 2. The fourth-order valence-electron chi connectivity index (χ4n) is 3.77. The van der Waals surface area contributed by atoms with Gasteiger partial charge in [-0.15, -0.1) is 0 Å². The summed E-state index contributed by atoms with van der Waals surface area (Å²) in [7, 11) is -2.56. The van der Waals surface area contributed by atoms with E-state index in [1.54, 1.807) is 80.8 Å². The van der Waals surface area contributed by atoms with Crippen molar-refractivity contribution in [2.75, 3.05) is 18.0 Å². The van der Waals surface area contributed by atoms with E-state index in [4.69, 9.17) is 16.3 Å². The summed E-state index contributed by atoms with van der Waals surface area (Å²) in [5.74, 6) is -0.229. The molecule has 202 valence electrons. The highest BCUT2D eigenvalue weighted by molar-refractivity contribution is 7.92. The number of carbonyl (C=O) groups is 2. The van der Waals surface area contributed by atoms with Crippen LogP contribution in [0.15, 0.2) is 83.8 Å². The first-order valence-electron chi connectivity index (χ1n) is 12.1. The first kappa shape index (κ1) is 29.0. The lowest BCUT2D eigenvalue weighted by molar-refractivity contribution is -0.139. The molecule has 3 rings (SSSR count). The monoisotopic (exact) mass is 557 g/mol. The van der Waals surface area contributed by atoms with Crippen LogP contribution in [0.3, 0.4) is 0 Å². The van der Waals surface area contributed by atoms with Gasteiger partial charge in [0.25, 0.3) is 10.0 Å². The van der Waals surface area contributed by atoms with Gasteiger partial charge >= 0.3 is 0 Å². The van der Waals surface area contributed by atoms with Crippen LogP contribution in [0.2, 0.25) is 5.02 Å². The van der Waals surface area contributed by atoms with E-state index in [1.165, 1.54) is 17.0 Å². The molecule has 0 aromatic heterocycles. The van der Waals surface area contributed by atoms with Crippen molar-refractivity contribution in [2.45, 2.75) is 44.3 Å². The summed E-state index contributed by atoms with van der Waals surface area (Å²) in [5, 5.41) is 3.26. The third kappa shape index (κ3) is 7.26. The predicted octanol–water partition coefficient (Wildman–Crippen LogP) is 4.49. The Morgan fingerprint density at radius 3 is 2.08 bits per heavy atom. The van der Waals surface area contributed by atoms with Crippen molar-refractivity contribution >= 4 is 39.1 Å². The SMILES string of the molecule is COc1ccc(CN(C(=O)CN(c2ccc(Cl)cc2)S(=O)(=O)c2ccccc2)[C@@H](C)C(=O)NC(C)C)cc1. The zero-order valence-corrected chi connectivity index (χ0v) is 23.4. The Balaban J connectivity index is 2.00. The van der Waals surface area contributed by atoms with Crippen LogP contribution in [0.4, 0.5) is 5.69 Å². The van der Waals surface area contributed by atoms with Gasteiger partial charge in [-0.3, -0.25) is 13.9 Å². The van der Waals surface area contributed by atoms with Gasteiger partial charge in [-0.1, -0.05) is 41.9 Å². The summed E-state index contributed by atoms with van der Waals surface area (Å²) in [4.78, 5) is 28.2. The number of hydrogen-bond donors (Lipinski definition) is 1. The Kier molecular flexibility index (Phi) is 9.77. The largest absolute Gasteiger partial charge is 0.497 e. The molecule has 1 N–H and O–H groups in total. The second kappa shape index (κ2) is 12.8.